The number of fused-ring (bicyclic) bond motifs is 1. The molecule has 2 aromatic heterocycles. The summed E-state index contributed by atoms with van der Waals surface area (Å²) in [5.41, 5.74) is 6.46. The Labute approximate surface area is 157 Å². The minimum Gasteiger partial charge on any atom is -0.392 e. The number of imidazole rings is 1. The molecule has 2 aromatic carbocycles. The van der Waals surface area contributed by atoms with E-state index in [9.17, 15) is 5.11 Å². The average Bonchev–Trinajstić information content (AvgIpc) is 3.03. The number of ether oxygens (including phenoxy) is 1. The average molecular weight is 359 g/mol. The van der Waals surface area contributed by atoms with Crippen molar-refractivity contribution in [3.63, 3.8) is 0 Å². The van der Waals surface area contributed by atoms with E-state index in [2.05, 4.69) is 11.1 Å². The minimum absolute atomic E-state index is 0.00782. The van der Waals surface area contributed by atoms with Crippen molar-refractivity contribution in [2.24, 2.45) is 7.05 Å². The molecule has 0 aliphatic heterocycles. The molecule has 136 valence electrons. The number of benzene rings is 2. The van der Waals surface area contributed by atoms with Crippen LogP contribution >= 0.6 is 0 Å². The van der Waals surface area contributed by atoms with Gasteiger partial charge in [-0.2, -0.15) is 0 Å². The molecule has 2 heterocycles. The van der Waals surface area contributed by atoms with Crippen LogP contribution in [0.15, 0.2) is 60.7 Å². The van der Waals surface area contributed by atoms with E-state index in [-0.39, 0.29) is 6.61 Å². The second kappa shape index (κ2) is 7.31. The molecule has 0 aliphatic rings. The zero-order chi connectivity index (χ0) is 18.8. The number of pyridine rings is 1. The van der Waals surface area contributed by atoms with Gasteiger partial charge in [-0.3, -0.25) is 0 Å². The molecule has 0 spiro atoms. The highest BCUT2D eigenvalue weighted by Crippen LogP contribution is 2.33. The van der Waals surface area contributed by atoms with E-state index in [0.29, 0.717) is 12.3 Å². The predicted molar refractivity (Wildman–Crippen MR) is 106 cm³/mol. The molecule has 0 fully saturated rings. The van der Waals surface area contributed by atoms with E-state index in [1.807, 2.05) is 66.2 Å². The van der Waals surface area contributed by atoms with Gasteiger partial charge < -0.3 is 14.4 Å². The predicted octanol–water partition coefficient (Wildman–Crippen LogP) is 3.94. The summed E-state index contributed by atoms with van der Waals surface area (Å²) in [5.74, 6) is 0.834. The van der Waals surface area contributed by atoms with Crippen LogP contribution in [-0.2, 0) is 25.0 Å². The second-order valence-corrected chi connectivity index (χ2v) is 6.47. The summed E-state index contributed by atoms with van der Waals surface area (Å²) in [6.45, 7) is 0.441. The van der Waals surface area contributed by atoms with Crippen LogP contribution in [0.3, 0.4) is 0 Å². The van der Waals surface area contributed by atoms with Crippen LogP contribution in [0, 0.1) is 0 Å². The van der Waals surface area contributed by atoms with Gasteiger partial charge in [0.1, 0.15) is 12.4 Å². The van der Waals surface area contributed by atoms with Crippen LogP contribution in [0.4, 0.5) is 0 Å². The second-order valence-electron chi connectivity index (χ2n) is 6.47. The van der Waals surface area contributed by atoms with Crippen molar-refractivity contribution in [2.75, 3.05) is 7.11 Å². The Morgan fingerprint density at radius 2 is 1.74 bits per heavy atom. The Morgan fingerprint density at radius 1 is 0.963 bits per heavy atom. The number of aliphatic hydroxyl groups excluding tert-OH is 1. The summed E-state index contributed by atoms with van der Waals surface area (Å²) < 4.78 is 7.27. The Hall–Kier alpha value is -3.02. The van der Waals surface area contributed by atoms with Crippen molar-refractivity contribution in [2.45, 2.75) is 13.2 Å². The van der Waals surface area contributed by atoms with Gasteiger partial charge >= 0.3 is 0 Å². The summed E-state index contributed by atoms with van der Waals surface area (Å²) in [7, 11) is 3.63. The van der Waals surface area contributed by atoms with Gasteiger partial charge in [-0.05, 0) is 23.3 Å². The first-order valence-corrected chi connectivity index (χ1v) is 8.82. The minimum atomic E-state index is 0.00782. The molecule has 0 atom stereocenters. The van der Waals surface area contributed by atoms with Crippen LogP contribution in [0.1, 0.15) is 11.4 Å². The number of methoxy groups -OCH3 is 1. The van der Waals surface area contributed by atoms with Crippen LogP contribution in [-0.4, -0.2) is 26.8 Å². The van der Waals surface area contributed by atoms with E-state index < -0.39 is 0 Å². The third kappa shape index (κ3) is 3.23. The molecule has 0 saturated carbocycles. The van der Waals surface area contributed by atoms with Crippen LogP contribution in [0.2, 0.25) is 0 Å². The molecule has 0 aliphatic carbocycles. The highest BCUT2D eigenvalue weighted by Gasteiger charge is 2.16. The number of rotatable bonds is 5. The van der Waals surface area contributed by atoms with Gasteiger partial charge in [0.25, 0.3) is 0 Å². The maximum absolute atomic E-state index is 9.53. The van der Waals surface area contributed by atoms with E-state index in [1.54, 1.807) is 7.11 Å². The first-order chi connectivity index (χ1) is 13.2. The first kappa shape index (κ1) is 17.4. The van der Waals surface area contributed by atoms with Crippen molar-refractivity contribution >= 4 is 11.2 Å². The molecule has 0 amide bonds. The molecule has 4 rings (SSSR count). The van der Waals surface area contributed by atoms with E-state index in [0.717, 1.165) is 39.3 Å². The lowest BCUT2D eigenvalue weighted by Crippen LogP contribution is -1.99. The highest BCUT2D eigenvalue weighted by atomic mass is 16.5. The normalized spacial score (nSPS) is 11.2. The summed E-state index contributed by atoms with van der Waals surface area (Å²) in [5, 5.41) is 9.53. The molecule has 0 saturated heterocycles. The summed E-state index contributed by atoms with van der Waals surface area (Å²) in [6.07, 6.45) is 0. The first-order valence-electron chi connectivity index (χ1n) is 8.82. The number of aromatic nitrogens is 3. The number of aryl methyl sites for hydroxylation is 1. The third-order valence-electron chi connectivity index (χ3n) is 4.71. The summed E-state index contributed by atoms with van der Waals surface area (Å²) in [6, 6.07) is 20.1. The number of nitrogens with zero attached hydrogens (tertiary/aromatic N) is 3. The molecule has 5 nitrogen and oxygen atoms in total. The standard InChI is InChI=1S/C22H21N3O2/c1-25-19-12-18(17-10-6-7-15(11-17)13-26)21(16-8-4-3-5-9-16)24-22(19)23-20(25)14-27-2/h3-12,26H,13-14H2,1-2H3. The van der Waals surface area contributed by atoms with E-state index in [4.69, 9.17) is 9.72 Å². The van der Waals surface area contributed by atoms with Crippen molar-refractivity contribution in [1.29, 1.82) is 0 Å². The lowest BCUT2D eigenvalue weighted by atomic mass is 9.97. The van der Waals surface area contributed by atoms with Crippen molar-refractivity contribution in [3.05, 3.63) is 72.1 Å². The van der Waals surface area contributed by atoms with Gasteiger partial charge in [0, 0.05) is 25.3 Å². The van der Waals surface area contributed by atoms with Crippen LogP contribution < -0.4 is 0 Å². The lowest BCUT2D eigenvalue weighted by molar-refractivity contribution is 0.176. The van der Waals surface area contributed by atoms with Gasteiger partial charge in [0.15, 0.2) is 5.65 Å². The SMILES string of the molecule is COCc1nc2nc(-c3ccccc3)c(-c3cccc(CO)c3)cc2n1C. The van der Waals surface area contributed by atoms with Crippen molar-refractivity contribution in [1.82, 2.24) is 14.5 Å². The number of aliphatic hydroxyl groups is 1. The molecule has 27 heavy (non-hydrogen) atoms. The quantitative estimate of drug-likeness (QED) is 0.586. The van der Waals surface area contributed by atoms with Crippen molar-refractivity contribution in [3.8, 4) is 22.4 Å². The van der Waals surface area contributed by atoms with Gasteiger partial charge in [0.2, 0.25) is 0 Å². The fourth-order valence-corrected chi connectivity index (χ4v) is 3.29. The molecule has 0 bridgehead atoms. The molecule has 0 unspecified atom stereocenters. The molecule has 1 N–H and O–H groups in total. The zero-order valence-corrected chi connectivity index (χ0v) is 15.4. The van der Waals surface area contributed by atoms with Crippen molar-refractivity contribution < 1.29 is 9.84 Å². The van der Waals surface area contributed by atoms with Gasteiger partial charge in [0.05, 0.1) is 17.8 Å². The maximum atomic E-state index is 9.53. The summed E-state index contributed by atoms with van der Waals surface area (Å²) >= 11 is 0. The zero-order valence-electron chi connectivity index (χ0n) is 15.4. The topological polar surface area (TPSA) is 60.2 Å². The fourth-order valence-electron chi connectivity index (χ4n) is 3.29. The van der Waals surface area contributed by atoms with Crippen LogP contribution in [0.5, 0.6) is 0 Å². The van der Waals surface area contributed by atoms with Gasteiger partial charge in [-0.1, -0.05) is 48.5 Å². The Kier molecular flexibility index (Phi) is 4.71. The Balaban J connectivity index is 2.00. The van der Waals surface area contributed by atoms with Crippen LogP contribution in [0.25, 0.3) is 33.5 Å². The summed E-state index contributed by atoms with van der Waals surface area (Å²) in [4.78, 5) is 9.53. The third-order valence-corrected chi connectivity index (χ3v) is 4.71. The smallest absolute Gasteiger partial charge is 0.178 e. The molecule has 0 radical (unpaired) electrons. The highest BCUT2D eigenvalue weighted by molar-refractivity contribution is 5.89. The number of hydrogen-bond acceptors (Lipinski definition) is 4. The largest absolute Gasteiger partial charge is 0.392 e. The molecular formula is C22H21N3O2. The van der Waals surface area contributed by atoms with Gasteiger partial charge in [-0.15, -0.1) is 0 Å². The van der Waals surface area contributed by atoms with E-state index in [1.165, 1.54) is 0 Å². The van der Waals surface area contributed by atoms with Gasteiger partial charge in [-0.25, -0.2) is 9.97 Å². The Bertz CT molecular complexity index is 1090. The molecule has 4 aromatic rings. The van der Waals surface area contributed by atoms with E-state index >= 15 is 0 Å². The number of hydrogen-bond donors (Lipinski definition) is 1. The maximum Gasteiger partial charge on any atom is 0.178 e. The molecule has 5 heteroatoms. The Morgan fingerprint density at radius 3 is 2.48 bits per heavy atom. The monoisotopic (exact) mass is 359 g/mol. The molecular weight excluding hydrogens is 338 g/mol. The lowest BCUT2D eigenvalue weighted by Gasteiger charge is -2.11. The fraction of sp³-hybridized carbons (Fsp3) is 0.182.